The molecular weight excluding hydrogens is 474 g/mol. The molecule has 5 aliphatic rings. The molecule has 5 nitrogen and oxygen atoms in total. The summed E-state index contributed by atoms with van der Waals surface area (Å²) >= 11 is 0. The van der Waals surface area contributed by atoms with E-state index in [1.807, 2.05) is 6.07 Å². The largest absolute Gasteiger partial charge is 0.493 e. The van der Waals surface area contributed by atoms with Crippen LogP contribution >= 0.6 is 0 Å². The van der Waals surface area contributed by atoms with Gasteiger partial charge in [-0.25, -0.2) is 0 Å². The van der Waals surface area contributed by atoms with Crippen molar-refractivity contribution in [1.29, 1.82) is 0 Å². The molecule has 0 spiro atoms. The average molecular weight is 522 g/mol. The quantitative estimate of drug-likeness (QED) is 0.460. The van der Waals surface area contributed by atoms with Gasteiger partial charge >= 0.3 is 0 Å². The molecule has 1 aromatic rings. The maximum atomic E-state index is 11.7. The van der Waals surface area contributed by atoms with Crippen LogP contribution in [0.2, 0.25) is 0 Å². The molecule has 0 unspecified atom stereocenters. The lowest BCUT2D eigenvalue weighted by Gasteiger charge is -2.57. The van der Waals surface area contributed by atoms with Gasteiger partial charge in [-0.1, -0.05) is 37.6 Å². The van der Waals surface area contributed by atoms with Gasteiger partial charge in [0.15, 0.2) is 11.5 Å². The van der Waals surface area contributed by atoms with Gasteiger partial charge in [0, 0.05) is 12.0 Å². The molecule has 0 amide bonds. The molecule has 1 heterocycles. The predicted molar refractivity (Wildman–Crippen MR) is 151 cm³/mol. The summed E-state index contributed by atoms with van der Waals surface area (Å²) in [5.74, 6) is 3.32. The SMILES string of the molecule is COc1cc(/C=C2\C[C@H]3[C@@H]4CC=C5C[C@@H](O)CC[C@]5(C)[C@H]4CC[C@]3(C)[C@H]2O)ccc1OCCN1CCCC1. The number of methoxy groups -OCH3 is 1. The van der Waals surface area contributed by atoms with Crippen molar-refractivity contribution in [3.8, 4) is 11.5 Å². The van der Waals surface area contributed by atoms with E-state index in [-0.39, 0.29) is 16.9 Å². The molecule has 1 aromatic carbocycles. The zero-order chi connectivity index (χ0) is 26.5. The number of hydrogen-bond donors (Lipinski definition) is 2. The zero-order valence-corrected chi connectivity index (χ0v) is 23.6. The number of allylic oxidation sites excluding steroid dienone is 1. The Hall–Kier alpha value is -1.82. The Bertz CT molecular complexity index is 1090. The minimum absolute atomic E-state index is 0.0639. The number of benzene rings is 1. The molecule has 1 aliphatic heterocycles. The van der Waals surface area contributed by atoms with Crippen LogP contribution in [0.1, 0.15) is 77.2 Å². The first-order chi connectivity index (χ1) is 18.3. The van der Waals surface area contributed by atoms with Gasteiger partial charge in [-0.15, -0.1) is 0 Å². The molecule has 1 saturated heterocycles. The van der Waals surface area contributed by atoms with E-state index >= 15 is 0 Å². The normalized spacial score (nSPS) is 39.9. The molecule has 0 bridgehead atoms. The van der Waals surface area contributed by atoms with Crippen molar-refractivity contribution >= 4 is 6.08 Å². The molecule has 6 rings (SSSR count). The van der Waals surface area contributed by atoms with Crippen LogP contribution in [0.3, 0.4) is 0 Å². The van der Waals surface area contributed by atoms with E-state index in [1.54, 1.807) is 7.11 Å². The minimum atomic E-state index is -0.401. The third kappa shape index (κ3) is 4.53. The lowest BCUT2D eigenvalue weighted by molar-refractivity contribution is -0.0685. The van der Waals surface area contributed by atoms with Crippen molar-refractivity contribution in [3.05, 3.63) is 41.0 Å². The van der Waals surface area contributed by atoms with E-state index in [0.717, 1.165) is 62.1 Å². The Balaban J connectivity index is 1.19. The van der Waals surface area contributed by atoms with Crippen molar-refractivity contribution in [2.24, 2.45) is 28.6 Å². The second kappa shape index (κ2) is 10.3. The van der Waals surface area contributed by atoms with Crippen LogP contribution in [0.5, 0.6) is 11.5 Å². The summed E-state index contributed by atoms with van der Waals surface area (Å²) in [4.78, 5) is 2.46. The van der Waals surface area contributed by atoms with Crippen molar-refractivity contribution in [3.63, 3.8) is 0 Å². The van der Waals surface area contributed by atoms with E-state index < -0.39 is 6.10 Å². The lowest BCUT2D eigenvalue weighted by atomic mass is 9.48. The smallest absolute Gasteiger partial charge is 0.161 e. The molecule has 5 heteroatoms. The summed E-state index contributed by atoms with van der Waals surface area (Å²) in [6.07, 6.45) is 13.9. The lowest BCUT2D eigenvalue weighted by Crippen LogP contribution is -2.51. The van der Waals surface area contributed by atoms with Crippen molar-refractivity contribution in [2.75, 3.05) is 33.4 Å². The first kappa shape index (κ1) is 26.4. The van der Waals surface area contributed by atoms with Crippen LogP contribution in [0.25, 0.3) is 6.08 Å². The number of aliphatic hydroxyl groups is 2. The van der Waals surface area contributed by atoms with Crippen molar-refractivity contribution in [1.82, 2.24) is 4.90 Å². The van der Waals surface area contributed by atoms with E-state index in [0.29, 0.717) is 24.4 Å². The average Bonchev–Trinajstić information content (AvgIpc) is 3.52. The van der Waals surface area contributed by atoms with Gasteiger partial charge in [0.1, 0.15) is 6.61 Å². The molecule has 3 saturated carbocycles. The van der Waals surface area contributed by atoms with Crippen molar-refractivity contribution in [2.45, 2.75) is 83.8 Å². The van der Waals surface area contributed by atoms with Gasteiger partial charge in [-0.2, -0.15) is 0 Å². The summed E-state index contributed by atoms with van der Waals surface area (Å²) in [7, 11) is 1.70. The molecule has 208 valence electrons. The highest BCUT2D eigenvalue weighted by molar-refractivity contribution is 5.60. The number of rotatable bonds is 6. The highest BCUT2D eigenvalue weighted by Crippen LogP contribution is 2.65. The molecule has 4 fully saturated rings. The zero-order valence-electron chi connectivity index (χ0n) is 23.6. The summed E-state index contributed by atoms with van der Waals surface area (Å²) in [6.45, 7) is 8.79. The van der Waals surface area contributed by atoms with Crippen LogP contribution in [0, 0.1) is 28.6 Å². The molecule has 2 N–H and O–H groups in total. The third-order valence-electron chi connectivity index (χ3n) is 11.4. The highest BCUT2D eigenvalue weighted by atomic mass is 16.5. The fourth-order valence-corrected chi connectivity index (χ4v) is 9.04. The van der Waals surface area contributed by atoms with E-state index in [9.17, 15) is 10.2 Å². The summed E-state index contributed by atoms with van der Waals surface area (Å²) in [6, 6.07) is 6.18. The third-order valence-corrected chi connectivity index (χ3v) is 11.4. The summed E-state index contributed by atoms with van der Waals surface area (Å²) < 4.78 is 11.8. The van der Waals surface area contributed by atoms with Gasteiger partial charge < -0.3 is 19.7 Å². The van der Waals surface area contributed by atoms with E-state index in [1.165, 1.54) is 43.5 Å². The molecule has 7 atom stereocenters. The van der Waals surface area contributed by atoms with Crippen LogP contribution in [0.4, 0.5) is 0 Å². The second-order valence-corrected chi connectivity index (χ2v) is 13.3. The maximum absolute atomic E-state index is 11.7. The summed E-state index contributed by atoms with van der Waals surface area (Å²) in [5.41, 5.74) is 3.90. The topological polar surface area (TPSA) is 62.2 Å². The monoisotopic (exact) mass is 521 g/mol. The Morgan fingerprint density at radius 3 is 2.63 bits per heavy atom. The van der Waals surface area contributed by atoms with Crippen molar-refractivity contribution < 1.29 is 19.7 Å². The molecule has 0 radical (unpaired) electrons. The second-order valence-electron chi connectivity index (χ2n) is 13.3. The first-order valence-electron chi connectivity index (χ1n) is 15.1. The number of likely N-dealkylation sites (tertiary alicyclic amines) is 1. The Labute approximate surface area is 228 Å². The van der Waals surface area contributed by atoms with Crippen LogP contribution in [-0.4, -0.2) is 60.7 Å². The molecule has 0 aromatic heterocycles. The van der Waals surface area contributed by atoms with Gasteiger partial charge in [0.05, 0.1) is 19.3 Å². The maximum Gasteiger partial charge on any atom is 0.161 e. The van der Waals surface area contributed by atoms with Gasteiger partial charge in [0.25, 0.3) is 0 Å². The number of hydrogen-bond acceptors (Lipinski definition) is 5. The van der Waals surface area contributed by atoms with Crippen LogP contribution < -0.4 is 9.47 Å². The molecule has 4 aliphatic carbocycles. The fourth-order valence-electron chi connectivity index (χ4n) is 9.04. The molecule has 38 heavy (non-hydrogen) atoms. The minimum Gasteiger partial charge on any atom is -0.493 e. The van der Waals surface area contributed by atoms with Gasteiger partial charge in [-0.05, 0) is 117 Å². The number of fused-ring (bicyclic) bond motifs is 5. The number of ether oxygens (including phenoxy) is 2. The standard InChI is InChI=1S/C33H47NO4/c1-32-12-10-25(35)21-24(32)7-8-26-27(32)11-13-33(2)28(26)20-23(31(33)36)18-22-6-9-29(30(19-22)37-3)38-17-16-34-14-4-5-15-34/h6-7,9,18-19,25-28,31,35-36H,4-5,8,10-17,20-21H2,1-3H3/b23-18+/t25-,26+,27-,28-,31-,32-,33-/m0/s1. The predicted octanol–water partition coefficient (Wildman–Crippen LogP) is 5.85. The molecular formula is C33H47NO4. The number of aliphatic hydroxyl groups excluding tert-OH is 2. The Morgan fingerprint density at radius 2 is 1.84 bits per heavy atom. The van der Waals surface area contributed by atoms with E-state index in [2.05, 4.69) is 43.0 Å². The number of nitrogens with zero attached hydrogens (tertiary/aromatic N) is 1. The first-order valence-corrected chi connectivity index (χ1v) is 15.1. The van der Waals surface area contributed by atoms with Gasteiger partial charge in [0.2, 0.25) is 0 Å². The fraction of sp³-hybridized carbons (Fsp3) is 0.697. The van der Waals surface area contributed by atoms with Crippen LogP contribution in [0.15, 0.2) is 35.4 Å². The van der Waals surface area contributed by atoms with E-state index in [4.69, 9.17) is 9.47 Å². The summed E-state index contributed by atoms with van der Waals surface area (Å²) in [5, 5.41) is 22.0. The Kier molecular flexibility index (Phi) is 7.15. The Morgan fingerprint density at radius 1 is 1.03 bits per heavy atom. The highest BCUT2D eigenvalue weighted by Gasteiger charge is 2.59. The van der Waals surface area contributed by atoms with Gasteiger partial charge in [-0.3, -0.25) is 4.90 Å². The van der Waals surface area contributed by atoms with Crippen LogP contribution in [-0.2, 0) is 0 Å².